The van der Waals surface area contributed by atoms with E-state index >= 15 is 0 Å². The number of thiophene rings is 1. The van der Waals surface area contributed by atoms with Gasteiger partial charge < -0.3 is 19.3 Å². The molecule has 35 heavy (non-hydrogen) atoms. The Hall–Kier alpha value is -3.39. The molecule has 1 fully saturated rings. The van der Waals surface area contributed by atoms with Gasteiger partial charge in [-0.15, -0.1) is 11.3 Å². The van der Waals surface area contributed by atoms with Gasteiger partial charge >= 0.3 is 6.09 Å². The first-order valence-electron chi connectivity index (χ1n) is 11.8. The van der Waals surface area contributed by atoms with Gasteiger partial charge in [0.2, 0.25) is 0 Å². The van der Waals surface area contributed by atoms with Crippen LogP contribution in [0.4, 0.5) is 4.79 Å². The van der Waals surface area contributed by atoms with Crippen molar-refractivity contribution in [3.05, 3.63) is 59.6 Å². The quantitative estimate of drug-likeness (QED) is 0.465. The highest BCUT2D eigenvalue weighted by atomic mass is 32.1. The third kappa shape index (κ3) is 6.00. The molecule has 7 nitrogen and oxygen atoms in total. The second-order valence-electron chi connectivity index (χ2n) is 9.29. The van der Waals surface area contributed by atoms with Crippen LogP contribution >= 0.6 is 11.3 Å². The maximum Gasteiger partial charge on any atom is 0.410 e. The summed E-state index contributed by atoms with van der Waals surface area (Å²) in [5.41, 5.74) is 2.24. The minimum absolute atomic E-state index is 0.0380. The van der Waals surface area contributed by atoms with Crippen molar-refractivity contribution >= 4 is 23.3 Å². The number of hydrogen-bond donors (Lipinski definition) is 0. The molecule has 2 amide bonds. The van der Waals surface area contributed by atoms with Gasteiger partial charge in [-0.1, -0.05) is 30.3 Å². The predicted molar refractivity (Wildman–Crippen MR) is 138 cm³/mol. The first kappa shape index (κ1) is 24.7. The second kappa shape index (κ2) is 10.5. The predicted octanol–water partition coefficient (Wildman–Crippen LogP) is 5.57. The highest BCUT2D eigenvalue weighted by Crippen LogP contribution is 2.36. The minimum Gasteiger partial charge on any atom is -0.492 e. The monoisotopic (exact) mass is 493 g/mol. The molecule has 184 valence electrons. The molecule has 1 aromatic carbocycles. The van der Waals surface area contributed by atoms with E-state index < -0.39 is 5.60 Å². The Bertz CT molecular complexity index is 1180. The number of ether oxygens (including phenoxy) is 2. The number of amides is 2. The number of hydrogen-bond acceptors (Lipinski definition) is 6. The summed E-state index contributed by atoms with van der Waals surface area (Å²) in [6.45, 7) is 9.86. The van der Waals surface area contributed by atoms with Gasteiger partial charge in [-0.25, -0.2) is 4.79 Å². The zero-order valence-electron chi connectivity index (χ0n) is 20.6. The fraction of sp³-hybridized carbons (Fsp3) is 0.370. The number of carbonyl (C=O) groups excluding carboxylic acids is 2. The Morgan fingerprint density at radius 1 is 0.971 bits per heavy atom. The van der Waals surface area contributed by atoms with E-state index in [1.807, 2.05) is 82.4 Å². The first-order chi connectivity index (χ1) is 16.7. The van der Waals surface area contributed by atoms with Crippen LogP contribution in [0.2, 0.25) is 0 Å². The summed E-state index contributed by atoms with van der Waals surface area (Å²) >= 11 is 1.41. The normalized spacial score (nSPS) is 14.1. The number of nitrogens with zero attached hydrogens (tertiary/aromatic N) is 3. The van der Waals surface area contributed by atoms with E-state index in [-0.39, 0.29) is 12.0 Å². The van der Waals surface area contributed by atoms with Gasteiger partial charge in [-0.05, 0) is 51.5 Å². The van der Waals surface area contributed by atoms with Gasteiger partial charge in [0.1, 0.15) is 17.0 Å². The van der Waals surface area contributed by atoms with E-state index in [2.05, 4.69) is 0 Å². The molecule has 8 heteroatoms. The highest BCUT2D eigenvalue weighted by Gasteiger charge is 2.29. The third-order valence-corrected chi connectivity index (χ3v) is 6.61. The lowest BCUT2D eigenvalue weighted by Gasteiger charge is -2.35. The molecule has 2 aromatic heterocycles. The molecule has 0 unspecified atom stereocenters. The van der Waals surface area contributed by atoms with Gasteiger partial charge in [-0.3, -0.25) is 9.78 Å². The maximum absolute atomic E-state index is 13.1. The Balaban J connectivity index is 1.46. The summed E-state index contributed by atoms with van der Waals surface area (Å²) in [5.74, 6) is 0.657. The van der Waals surface area contributed by atoms with Crippen molar-refractivity contribution in [3.8, 4) is 27.4 Å². The number of carbonyl (C=O) groups is 2. The lowest BCUT2D eigenvalue weighted by Crippen LogP contribution is -2.51. The van der Waals surface area contributed by atoms with Crippen LogP contribution in [-0.2, 0) is 4.74 Å². The standard InChI is InChI=1S/C27H31N3O4S/c1-5-33-21-17-20(19-9-7-6-8-10-19)18-28-24(21)22-11-12-23(35-22)25(31)29-13-15-30(16-14-29)26(32)34-27(2,3)4/h6-12,17-18H,5,13-16H2,1-4H3. The van der Waals surface area contributed by atoms with Crippen molar-refractivity contribution in [2.45, 2.75) is 33.3 Å². The Kier molecular flexibility index (Phi) is 7.40. The molecule has 0 saturated carbocycles. The van der Waals surface area contributed by atoms with Crippen LogP contribution in [0.3, 0.4) is 0 Å². The van der Waals surface area contributed by atoms with Crippen LogP contribution < -0.4 is 4.74 Å². The van der Waals surface area contributed by atoms with Crippen molar-refractivity contribution < 1.29 is 19.1 Å². The van der Waals surface area contributed by atoms with Gasteiger partial charge in [0.15, 0.2) is 0 Å². The van der Waals surface area contributed by atoms with Crippen LogP contribution in [0.5, 0.6) is 5.75 Å². The third-order valence-electron chi connectivity index (χ3n) is 5.53. The number of piperazine rings is 1. The fourth-order valence-electron chi connectivity index (χ4n) is 3.84. The maximum atomic E-state index is 13.1. The van der Waals surface area contributed by atoms with Gasteiger partial charge in [0.05, 0.1) is 16.4 Å². The topological polar surface area (TPSA) is 72.0 Å². The molecule has 0 bridgehead atoms. The molecule has 0 atom stereocenters. The van der Waals surface area contributed by atoms with Crippen molar-refractivity contribution in [3.63, 3.8) is 0 Å². The molecule has 0 radical (unpaired) electrons. The van der Waals surface area contributed by atoms with Crippen molar-refractivity contribution in [2.75, 3.05) is 32.8 Å². The van der Waals surface area contributed by atoms with Crippen LogP contribution in [0, 0.1) is 0 Å². The fourth-order valence-corrected chi connectivity index (χ4v) is 4.81. The van der Waals surface area contributed by atoms with Crippen LogP contribution in [-0.4, -0.2) is 65.2 Å². The lowest BCUT2D eigenvalue weighted by molar-refractivity contribution is 0.0141. The molecule has 3 heterocycles. The van der Waals surface area contributed by atoms with E-state index in [0.717, 1.165) is 21.7 Å². The number of aromatic nitrogens is 1. The second-order valence-corrected chi connectivity index (χ2v) is 10.4. The van der Waals surface area contributed by atoms with E-state index in [1.165, 1.54) is 11.3 Å². The molecule has 3 aromatic rings. The van der Waals surface area contributed by atoms with Gasteiger partial charge in [-0.2, -0.15) is 0 Å². The Morgan fingerprint density at radius 2 is 1.66 bits per heavy atom. The average molecular weight is 494 g/mol. The van der Waals surface area contributed by atoms with Crippen molar-refractivity contribution in [1.29, 1.82) is 0 Å². The van der Waals surface area contributed by atoms with Crippen LogP contribution in [0.15, 0.2) is 54.7 Å². The summed E-state index contributed by atoms with van der Waals surface area (Å²) < 4.78 is 11.4. The van der Waals surface area contributed by atoms with Crippen LogP contribution in [0.1, 0.15) is 37.4 Å². The Morgan fingerprint density at radius 3 is 2.31 bits per heavy atom. The molecule has 0 spiro atoms. The summed E-state index contributed by atoms with van der Waals surface area (Å²) in [7, 11) is 0. The number of benzene rings is 1. The molecular weight excluding hydrogens is 462 g/mol. The molecule has 0 aliphatic carbocycles. The minimum atomic E-state index is -0.537. The van der Waals surface area contributed by atoms with E-state index in [9.17, 15) is 9.59 Å². The molecule has 4 rings (SSSR count). The zero-order valence-corrected chi connectivity index (χ0v) is 21.4. The molecule has 1 saturated heterocycles. The first-order valence-corrected chi connectivity index (χ1v) is 12.6. The molecular formula is C27H31N3O4S. The lowest BCUT2D eigenvalue weighted by atomic mass is 10.1. The van der Waals surface area contributed by atoms with Crippen molar-refractivity contribution in [1.82, 2.24) is 14.8 Å². The van der Waals surface area contributed by atoms with E-state index in [0.29, 0.717) is 43.4 Å². The summed E-state index contributed by atoms with van der Waals surface area (Å²) in [6, 6.07) is 15.8. The van der Waals surface area contributed by atoms with E-state index in [4.69, 9.17) is 14.5 Å². The summed E-state index contributed by atoms with van der Waals surface area (Å²) in [4.78, 5) is 35.1. The van der Waals surface area contributed by atoms with Crippen molar-refractivity contribution in [2.24, 2.45) is 0 Å². The number of pyridine rings is 1. The summed E-state index contributed by atoms with van der Waals surface area (Å²) in [6.07, 6.45) is 1.50. The van der Waals surface area contributed by atoms with Gasteiger partial charge in [0.25, 0.3) is 5.91 Å². The molecule has 0 N–H and O–H groups in total. The number of rotatable bonds is 5. The van der Waals surface area contributed by atoms with Gasteiger partial charge in [0, 0.05) is 37.9 Å². The molecule has 1 aliphatic rings. The average Bonchev–Trinajstić information content (AvgIpc) is 3.33. The zero-order chi connectivity index (χ0) is 25.0. The Labute approximate surface area is 210 Å². The van der Waals surface area contributed by atoms with Crippen LogP contribution in [0.25, 0.3) is 21.7 Å². The SMILES string of the molecule is CCOc1cc(-c2ccccc2)cnc1-c1ccc(C(=O)N2CCN(C(=O)OC(C)(C)C)CC2)s1. The largest absolute Gasteiger partial charge is 0.492 e. The smallest absolute Gasteiger partial charge is 0.410 e. The summed E-state index contributed by atoms with van der Waals surface area (Å²) in [5, 5.41) is 0. The molecule has 1 aliphatic heterocycles. The highest BCUT2D eigenvalue weighted by molar-refractivity contribution is 7.17. The van der Waals surface area contributed by atoms with E-state index in [1.54, 1.807) is 9.80 Å².